The molecular formula is C14H22N2O4S2. The summed E-state index contributed by atoms with van der Waals surface area (Å²) < 4.78 is 31.8. The maximum absolute atomic E-state index is 12.4. The molecule has 0 radical (unpaired) electrons. The Morgan fingerprint density at radius 1 is 1.50 bits per heavy atom. The number of rotatable bonds is 4. The van der Waals surface area contributed by atoms with Gasteiger partial charge >= 0.3 is 6.09 Å². The molecule has 1 N–H and O–H groups in total. The van der Waals surface area contributed by atoms with Crippen molar-refractivity contribution in [3.8, 4) is 0 Å². The van der Waals surface area contributed by atoms with Crippen molar-refractivity contribution in [1.82, 2.24) is 9.62 Å². The number of carbonyl (C=O) groups is 1. The molecule has 1 unspecified atom stereocenters. The molecule has 8 heteroatoms. The molecule has 1 aromatic rings. The fraction of sp³-hybridized carbons (Fsp3) is 0.643. The smallest absolute Gasteiger partial charge is 0.407 e. The summed E-state index contributed by atoms with van der Waals surface area (Å²) in [7, 11) is -3.39. The van der Waals surface area contributed by atoms with Crippen molar-refractivity contribution in [1.29, 1.82) is 0 Å². The topological polar surface area (TPSA) is 75.7 Å². The van der Waals surface area contributed by atoms with Crippen molar-refractivity contribution in [2.75, 3.05) is 19.6 Å². The van der Waals surface area contributed by atoms with E-state index in [4.69, 9.17) is 4.74 Å². The molecule has 1 aromatic heterocycles. The van der Waals surface area contributed by atoms with Crippen molar-refractivity contribution in [2.24, 2.45) is 5.92 Å². The van der Waals surface area contributed by atoms with E-state index in [1.54, 1.807) is 38.3 Å². The highest BCUT2D eigenvalue weighted by Crippen LogP contribution is 2.26. The molecule has 22 heavy (non-hydrogen) atoms. The third kappa shape index (κ3) is 4.44. The Kier molecular flexibility index (Phi) is 5.14. The number of nitrogens with one attached hydrogen (secondary N) is 1. The Morgan fingerprint density at radius 3 is 2.82 bits per heavy atom. The zero-order chi connectivity index (χ0) is 16.4. The van der Waals surface area contributed by atoms with Crippen molar-refractivity contribution >= 4 is 27.5 Å². The number of thiophene rings is 1. The molecule has 1 amide bonds. The molecule has 6 nitrogen and oxygen atoms in total. The first-order valence-electron chi connectivity index (χ1n) is 7.19. The molecule has 1 fully saturated rings. The number of hydrogen-bond acceptors (Lipinski definition) is 5. The predicted octanol–water partition coefficient (Wildman–Crippen LogP) is 2.28. The predicted molar refractivity (Wildman–Crippen MR) is 85.4 cm³/mol. The van der Waals surface area contributed by atoms with Gasteiger partial charge in [-0.3, -0.25) is 0 Å². The summed E-state index contributed by atoms with van der Waals surface area (Å²) in [5, 5.41) is 4.46. The highest BCUT2D eigenvalue weighted by molar-refractivity contribution is 7.91. The second-order valence-corrected chi connectivity index (χ2v) is 9.45. The number of amides is 1. The summed E-state index contributed by atoms with van der Waals surface area (Å²) in [6.45, 7) is 6.74. The van der Waals surface area contributed by atoms with Crippen molar-refractivity contribution in [3.63, 3.8) is 0 Å². The van der Waals surface area contributed by atoms with Crippen LogP contribution in [0.15, 0.2) is 21.7 Å². The average Bonchev–Trinajstić information content (AvgIpc) is 3.06. The second kappa shape index (κ2) is 6.55. The molecule has 0 aromatic carbocycles. The molecule has 1 aliphatic heterocycles. The summed E-state index contributed by atoms with van der Waals surface area (Å²) in [5.41, 5.74) is -0.533. The first kappa shape index (κ1) is 17.2. The van der Waals surface area contributed by atoms with Crippen LogP contribution in [0.2, 0.25) is 0 Å². The van der Waals surface area contributed by atoms with Gasteiger partial charge in [0.2, 0.25) is 0 Å². The highest BCUT2D eigenvalue weighted by atomic mass is 32.2. The third-order valence-electron chi connectivity index (χ3n) is 3.27. The van der Waals surface area contributed by atoms with Crippen LogP contribution in [0.25, 0.3) is 0 Å². The standard InChI is InChI=1S/C14H22N2O4S2/c1-14(2,3)20-13(17)15-9-11-6-7-16(10-11)22(18,19)12-5-4-8-21-12/h4-5,8,11H,6-7,9-10H2,1-3H3,(H,15,17). The number of hydrogen-bond donors (Lipinski definition) is 1. The zero-order valence-electron chi connectivity index (χ0n) is 13.0. The summed E-state index contributed by atoms with van der Waals surface area (Å²) in [6, 6.07) is 3.35. The van der Waals surface area contributed by atoms with Gasteiger partial charge in [0.05, 0.1) is 0 Å². The van der Waals surface area contributed by atoms with Crippen LogP contribution in [0, 0.1) is 5.92 Å². The van der Waals surface area contributed by atoms with Gasteiger partial charge in [0.25, 0.3) is 10.0 Å². The summed E-state index contributed by atoms with van der Waals surface area (Å²) >= 11 is 1.22. The lowest BCUT2D eigenvalue weighted by Crippen LogP contribution is -2.36. The molecule has 0 aliphatic carbocycles. The first-order valence-corrected chi connectivity index (χ1v) is 9.51. The van der Waals surface area contributed by atoms with Crippen LogP contribution in [0.5, 0.6) is 0 Å². The van der Waals surface area contributed by atoms with Gasteiger partial charge in [0.15, 0.2) is 0 Å². The summed E-state index contributed by atoms with van der Waals surface area (Å²) in [6.07, 6.45) is 0.271. The minimum Gasteiger partial charge on any atom is -0.444 e. The van der Waals surface area contributed by atoms with Gasteiger partial charge in [-0.2, -0.15) is 4.31 Å². The normalized spacial score (nSPS) is 20.0. The molecule has 1 saturated heterocycles. The lowest BCUT2D eigenvalue weighted by molar-refractivity contribution is 0.0520. The quantitative estimate of drug-likeness (QED) is 0.907. The van der Waals surface area contributed by atoms with Gasteiger partial charge in [0, 0.05) is 19.6 Å². The fourth-order valence-electron chi connectivity index (χ4n) is 2.26. The van der Waals surface area contributed by atoms with E-state index in [0.717, 1.165) is 6.42 Å². The number of nitrogens with zero attached hydrogens (tertiary/aromatic N) is 1. The van der Waals surface area contributed by atoms with Crippen molar-refractivity contribution < 1.29 is 17.9 Å². The second-order valence-electron chi connectivity index (χ2n) is 6.33. The molecule has 0 bridgehead atoms. The van der Waals surface area contributed by atoms with Gasteiger partial charge in [-0.15, -0.1) is 11.3 Å². The molecule has 2 heterocycles. The minimum absolute atomic E-state index is 0.113. The fourth-order valence-corrected chi connectivity index (χ4v) is 4.94. The van der Waals surface area contributed by atoms with Crippen LogP contribution < -0.4 is 5.32 Å². The Labute approximate surface area is 135 Å². The van der Waals surface area contributed by atoms with Gasteiger partial charge in [-0.05, 0) is 44.6 Å². The minimum atomic E-state index is -3.39. The van der Waals surface area contributed by atoms with E-state index in [1.807, 2.05) is 0 Å². The van der Waals surface area contributed by atoms with Crippen LogP contribution in [0.4, 0.5) is 4.79 Å². The molecule has 0 spiro atoms. The van der Waals surface area contributed by atoms with Crippen LogP contribution in [-0.4, -0.2) is 44.1 Å². The van der Waals surface area contributed by atoms with Gasteiger partial charge < -0.3 is 10.1 Å². The van der Waals surface area contributed by atoms with E-state index >= 15 is 0 Å². The maximum Gasteiger partial charge on any atom is 0.407 e. The largest absolute Gasteiger partial charge is 0.444 e. The Morgan fingerprint density at radius 2 is 2.23 bits per heavy atom. The number of sulfonamides is 1. The number of alkyl carbamates (subject to hydrolysis) is 1. The Balaban J connectivity index is 1.85. The van der Waals surface area contributed by atoms with E-state index < -0.39 is 21.7 Å². The number of carbonyl (C=O) groups excluding carboxylic acids is 1. The van der Waals surface area contributed by atoms with Crippen LogP contribution in [-0.2, 0) is 14.8 Å². The lowest BCUT2D eigenvalue weighted by Gasteiger charge is -2.20. The van der Waals surface area contributed by atoms with E-state index in [-0.39, 0.29) is 5.92 Å². The Hall–Kier alpha value is -1.12. The molecule has 124 valence electrons. The maximum atomic E-state index is 12.4. The van der Waals surface area contributed by atoms with E-state index in [0.29, 0.717) is 23.8 Å². The van der Waals surface area contributed by atoms with Crippen LogP contribution >= 0.6 is 11.3 Å². The molecule has 1 atom stereocenters. The first-order chi connectivity index (χ1) is 10.2. The SMILES string of the molecule is CC(C)(C)OC(=O)NCC1CCN(S(=O)(=O)c2cccs2)C1. The van der Waals surface area contributed by atoms with E-state index in [2.05, 4.69) is 5.32 Å². The Bertz CT molecular complexity index is 605. The van der Waals surface area contributed by atoms with Gasteiger partial charge in [-0.25, -0.2) is 13.2 Å². The van der Waals surface area contributed by atoms with Crippen molar-refractivity contribution in [2.45, 2.75) is 37.0 Å². The van der Waals surface area contributed by atoms with Crippen LogP contribution in [0.1, 0.15) is 27.2 Å². The third-order valence-corrected chi connectivity index (χ3v) is 6.51. The molecule has 2 rings (SSSR count). The highest BCUT2D eigenvalue weighted by Gasteiger charge is 2.33. The van der Waals surface area contributed by atoms with E-state index in [1.165, 1.54) is 15.6 Å². The average molecular weight is 346 g/mol. The summed E-state index contributed by atoms with van der Waals surface area (Å²) in [5.74, 6) is 0.113. The molecule has 0 saturated carbocycles. The van der Waals surface area contributed by atoms with E-state index in [9.17, 15) is 13.2 Å². The van der Waals surface area contributed by atoms with Crippen LogP contribution in [0.3, 0.4) is 0 Å². The summed E-state index contributed by atoms with van der Waals surface area (Å²) in [4.78, 5) is 11.6. The van der Waals surface area contributed by atoms with Crippen molar-refractivity contribution in [3.05, 3.63) is 17.5 Å². The molecule has 1 aliphatic rings. The van der Waals surface area contributed by atoms with Gasteiger partial charge in [-0.1, -0.05) is 6.07 Å². The van der Waals surface area contributed by atoms with Gasteiger partial charge in [0.1, 0.15) is 9.81 Å². The zero-order valence-corrected chi connectivity index (χ0v) is 14.7. The monoisotopic (exact) mass is 346 g/mol. The molecular weight excluding hydrogens is 324 g/mol. The lowest BCUT2D eigenvalue weighted by atomic mass is 10.1. The number of ether oxygens (including phenoxy) is 1.